The highest BCUT2D eigenvalue weighted by Gasteiger charge is 2.14. The molecule has 0 fully saturated rings. The molecule has 0 aliphatic heterocycles. The molecule has 0 saturated heterocycles. The Hall–Kier alpha value is -1.92. The van der Waals surface area contributed by atoms with Crippen molar-refractivity contribution < 1.29 is 8.42 Å². The molecule has 0 aliphatic rings. The van der Waals surface area contributed by atoms with Crippen LogP contribution < -0.4 is 4.80 Å². The third-order valence-electron chi connectivity index (χ3n) is 3.86. The lowest BCUT2D eigenvalue weighted by Gasteiger charge is -2.02. The molecule has 0 N–H and O–H groups in total. The van der Waals surface area contributed by atoms with E-state index in [4.69, 9.17) is 0 Å². The quantitative estimate of drug-likeness (QED) is 0.713. The number of thiazole rings is 1. The number of rotatable bonds is 2. The first-order valence-corrected chi connectivity index (χ1v) is 9.48. The molecule has 0 aliphatic carbocycles. The van der Waals surface area contributed by atoms with E-state index in [2.05, 4.69) is 4.40 Å². The summed E-state index contributed by atoms with van der Waals surface area (Å²) in [7, 11) is -1.86. The molecule has 3 rings (SSSR count). The summed E-state index contributed by atoms with van der Waals surface area (Å²) in [5.74, 6) is 0. The fourth-order valence-corrected chi connectivity index (χ4v) is 4.91. The van der Waals surface area contributed by atoms with Gasteiger partial charge in [0, 0.05) is 7.05 Å². The van der Waals surface area contributed by atoms with Crippen molar-refractivity contribution in [1.29, 1.82) is 0 Å². The summed E-state index contributed by atoms with van der Waals surface area (Å²) < 4.78 is 32.1. The number of sulfonamides is 1. The lowest BCUT2D eigenvalue weighted by atomic mass is 10.1. The average molecular weight is 346 g/mol. The minimum absolute atomic E-state index is 0.217. The summed E-state index contributed by atoms with van der Waals surface area (Å²) in [4.78, 5) is 0.701. The van der Waals surface area contributed by atoms with Crippen LogP contribution in [0.25, 0.3) is 10.2 Å². The summed E-state index contributed by atoms with van der Waals surface area (Å²) in [5, 5.41) is 0. The lowest BCUT2D eigenvalue weighted by molar-refractivity contribution is 0.596. The second-order valence-corrected chi connectivity index (χ2v) is 8.28. The summed E-state index contributed by atoms with van der Waals surface area (Å²) >= 11 is 1.41. The van der Waals surface area contributed by atoms with Crippen molar-refractivity contribution in [3.8, 4) is 0 Å². The molecule has 0 amide bonds. The average Bonchev–Trinajstić information content (AvgIpc) is 2.81. The molecule has 0 bridgehead atoms. The van der Waals surface area contributed by atoms with Crippen molar-refractivity contribution in [3.63, 3.8) is 0 Å². The van der Waals surface area contributed by atoms with Crippen LogP contribution in [0.5, 0.6) is 0 Å². The van der Waals surface area contributed by atoms with E-state index in [0.29, 0.717) is 4.80 Å². The molecule has 0 atom stereocenters. The Kier molecular flexibility index (Phi) is 3.90. The summed E-state index contributed by atoms with van der Waals surface area (Å²) in [6.07, 6.45) is 0. The Bertz CT molecular complexity index is 1060. The summed E-state index contributed by atoms with van der Waals surface area (Å²) in [5.41, 5.74) is 4.29. The molecule has 3 aromatic rings. The topological polar surface area (TPSA) is 51.4 Å². The standard InChI is InChI=1S/C17H18N2O2S2/c1-11-5-9-14(10-6-11)23(20,21)18-17-19(4)15-12(2)7-8-13(3)16(15)22-17/h5-10H,1-4H3/b18-17-. The Labute approximate surface area is 139 Å². The van der Waals surface area contributed by atoms with Gasteiger partial charge in [0.25, 0.3) is 10.0 Å². The maximum Gasteiger partial charge on any atom is 0.285 e. The van der Waals surface area contributed by atoms with Crippen LogP contribution in [0.2, 0.25) is 0 Å². The van der Waals surface area contributed by atoms with Gasteiger partial charge in [-0.15, -0.1) is 4.40 Å². The first-order chi connectivity index (χ1) is 10.8. The zero-order chi connectivity index (χ0) is 16.8. The molecule has 120 valence electrons. The van der Waals surface area contributed by atoms with E-state index in [0.717, 1.165) is 26.9 Å². The van der Waals surface area contributed by atoms with Crippen molar-refractivity contribution >= 4 is 31.6 Å². The van der Waals surface area contributed by atoms with Crippen LogP contribution in [0.4, 0.5) is 0 Å². The normalized spacial score (nSPS) is 13.0. The highest BCUT2D eigenvalue weighted by molar-refractivity contribution is 7.90. The molecular formula is C17H18N2O2S2. The molecule has 6 heteroatoms. The lowest BCUT2D eigenvalue weighted by Crippen LogP contribution is -2.14. The van der Waals surface area contributed by atoms with E-state index in [1.807, 2.05) is 44.5 Å². The highest BCUT2D eigenvalue weighted by atomic mass is 32.2. The molecule has 1 aromatic heterocycles. The van der Waals surface area contributed by atoms with Gasteiger partial charge in [0.05, 0.1) is 15.1 Å². The maximum atomic E-state index is 12.5. The van der Waals surface area contributed by atoms with Crippen molar-refractivity contribution in [3.05, 3.63) is 57.9 Å². The molecule has 1 heterocycles. The number of hydrogen-bond acceptors (Lipinski definition) is 3. The smallest absolute Gasteiger partial charge is 0.285 e. The van der Waals surface area contributed by atoms with Crippen LogP contribution in [0.15, 0.2) is 45.7 Å². The first-order valence-electron chi connectivity index (χ1n) is 7.23. The van der Waals surface area contributed by atoms with Crippen LogP contribution in [0.3, 0.4) is 0 Å². The van der Waals surface area contributed by atoms with Crippen molar-refractivity contribution in [2.24, 2.45) is 11.4 Å². The molecule has 0 radical (unpaired) electrons. The minimum atomic E-state index is -3.71. The van der Waals surface area contributed by atoms with Gasteiger partial charge in [-0.05, 0) is 44.0 Å². The second kappa shape index (κ2) is 5.62. The number of hydrogen-bond donors (Lipinski definition) is 0. The van der Waals surface area contributed by atoms with E-state index >= 15 is 0 Å². The van der Waals surface area contributed by atoms with Crippen LogP contribution >= 0.6 is 11.3 Å². The van der Waals surface area contributed by atoms with Gasteiger partial charge in [0.15, 0.2) is 0 Å². The predicted octanol–water partition coefficient (Wildman–Crippen LogP) is 3.45. The molecule has 2 aromatic carbocycles. The number of benzene rings is 2. The second-order valence-electron chi connectivity index (χ2n) is 5.70. The molecule has 4 nitrogen and oxygen atoms in total. The number of aromatic nitrogens is 1. The Morgan fingerprint density at radius 1 is 0.957 bits per heavy atom. The third-order valence-corrected chi connectivity index (χ3v) is 6.53. The highest BCUT2D eigenvalue weighted by Crippen LogP contribution is 2.24. The molecule has 0 saturated carbocycles. The van der Waals surface area contributed by atoms with Crippen LogP contribution in [-0.2, 0) is 17.1 Å². The number of nitrogens with zero attached hydrogens (tertiary/aromatic N) is 2. The van der Waals surface area contributed by atoms with Gasteiger partial charge in [-0.25, -0.2) is 0 Å². The van der Waals surface area contributed by atoms with Crippen LogP contribution in [0, 0.1) is 20.8 Å². The SMILES string of the molecule is Cc1ccc(S(=O)(=O)/N=c2\sc3c(C)ccc(C)c3n2C)cc1. The predicted molar refractivity (Wildman–Crippen MR) is 94.2 cm³/mol. The Morgan fingerprint density at radius 3 is 2.17 bits per heavy atom. The summed E-state index contributed by atoms with van der Waals surface area (Å²) in [6.45, 7) is 5.97. The van der Waals surface area contributed by atoms with Gasteiger partial charge >= 0.3 is 0 Å². The van der Waals surface area contributed by atoms with E-state index in [9.17, 15) is 8.42 Å². The Morgan fingerprint density at radius 2 is 1.57 bits per heavy atom. The van der Waals surface area contributed by atoms with Gasteiger partial charge in [-0.2, -0.15) is 8.42 Å². The van der Waals surface area contributed by atoms with Gasteiger partial charge in [0.1, 0.15) is 0 Å². The molecule has 0 spiro atoms. The molecule has 23 heavy (non-hydrogen) atoms. The van der Waals surface area contributed by atoms with Crippen molar-refractivity contribution in [2.45, 2.75) is 25.7 Å². The van der Waals surface area contributed by atoms with Crippen LogP contribution in [-0.4, -0.2) is 13.0 Å². The molecular weight excluding hydrogens is 328 g/mol. The fraction of sp³-hybridized carbons (Fsp3) is 0.235. The van der Waals surface area contributed by atoms with E-state index in [1.165, 1.54) is 11.3 Å². The van der Waals surface area contributed by atoms with Gasteiger partial charge in [-0.1, -0.05) is 41.2 Å². The van der Waals surface area contributed by atoms with E-state index in [-0.39, 0.29) is 4.90 Å². The van der Waals surface area contributed by atoms with E-state index in [1.54, 1.807) is 24.3 Å². The fourth-order valence-electron chi connectivity index (χ4n) is 2.52. The Balaban J connectivity index is 2.26. The van der Waals surface area contributed by atoms with E-state index < -0.39 is 10.0 Å². The maximum absolute atomic E-state index is 12.5. The largest absolute Gasteiger partial charge is 0.319 e. The zero-order valence-corrected chi connectivity index (χ0v) is 15.1. The first kappa shape index (κ1) is 16.0. The number of aryl methyl sites for hydroxylation is 4. The van der Waals surface area contributed by atoms with Gasteiger partial charge < -0.3 is 4.57 Å². The minimum Gasteiger partial charge on any atom is -0.319 e. The van der Waals surface area contributed by atoms with Crippen LogP contribution in [0.1, 0.15) is 16.7 Å². The number of fused-ring (bicyclic) bond motifs is 1. The monoisotopic (exact) mass is 346 g/mol. The third kappa shape index (κ3) is 2.84. The summed E-state index contributed by atoms with van der Waals surface area (Å²) in [6, 6.07) is 10.8. The van der Waals surface area contributed by atoms with Crippen molar-refractivity contribution in [2.75, 3.05) is 0 Å². The van der Waals surface area contributed by atoms with Crippen molar-refractivity contribution in [1.82, 2.24) is 4.57 Å². The molecule has 0 unspecified atom stereocenters. The van der Waals surface area contributed by atoms with Gasteiger partial charge in [-0.3, -0.25) is 0 Å². The van der Waals surface area contributed by atoms with Gasteiger partial charge in [0.2, 0.25) is 4.80 Å². The zero-order valence-electron chi connectivity index (χ0n) is 13.5.